The number of nitrogens with zero attached hydrogens (tertiary/aromatic N) is 1. The van der Waals surface area contributed by atoms with Gasteiger partial charge in [0.05, 0.1) is 0 Å². The quantitative estimate of drug-likeness (QED) is 0.652. The van der Waals surface area contributed by atoms with Gasteiger partial charge in [-0.25, -0.2) is 0 Å². The maximum atomic E-state index is 3.46. The second-order valence-corrected chi connectivity index (χ2v) is 3.76. The van der Waals surface area contributed by atoms with Crippen LogP contribution in [0, 0.1) is 0 Å². The average Bonchev–Trinajstić information content (AvgIpc) is 2.29. The fourth-order valence-electron chi connectivity index (χ4n) is 2.23. The maximum absolute atomic E-state index is 3.46. The zero-order valence-corrected chi connectivity index (χ0v) is 9.14. The molecule has 2 aliphatic rings. The van der Waals surface area contributed by atoms with Crippen LogP contribution in [-0.2, 0) is 0 Å². The van der Waals surface area contributed by atoms with Crippen molar-refractivity contribution in [1.82, 2.24) is 10.2 Å². The maximum Gasteiger partial charge on any atom is 0.0306 e. The summed E-state index contributed by atoms with van der Waals surface area (Å²) < 4.78 is 0. The monoisotopic (exact) mass is 212 g/mol. The number of hydrogen-bond acceptors (Lipinski definition) is 2. The van der Waals surface area contributed by atoms with Gasteiger partial charge in [-0.15, -0.1) is 24.8 Å². The minimum absolute atomic E-state index is 0. The van der Waals surface area contributed by atoms with Crippen LogP contribution in [0.4, 0.5) is 0 Å². The van der Waals surface area contributed by atoms with Gasteiger partial charge in [0.15, 0.2) is 0 Å². The Balaban J connectivity index is 0.000000605. The molecule has 0 bridgehead atoms. The highest BCUT2D eigenvalue weighted by Gasteiger charge is 2.37. The first-order chi connectivity index (χ1) is 4.81. The summed E-state index contributed by atoms with van der Waals surface area (Å²) in [6, 6.07) is 0. The van der Waals surface area contributed by atoms with Crippen LogP contribution in [0.25, 0.3) is 0 Å². The Kier molecular flexibility index (Phi) is 4.85. The van der Waals surface area contributed by atoms with E-state index in [1.807, 2.05) is 0 Å². The summed E-state index contributed by atoms with van der Waals surface area (Å²) in [4.78, 5) is 2.63. The first kappa shape index (κ1) is 12.5. The molecule has 4 heteroatoms. The number of piperazine rings is 1. The van der Waals surface area contributed by atoms with Crippen molar-refractivity contribution in [3.05, 3.63) is 0 Å². The molecule has 0 aromatic rings. The molecule has 2 heterocycles. The second kappa shape index (κ2) is 4.66. The molecule has 2 rings (SSSR count). The van der Waals surface area contributed by atoms with Gasteiger partial charge in [-0.05, 0) is 26.3 Å². The summed E-state index contributed by atoms with van der Waals surface area (Å²) in [6.07, 6.45) is 2.79. The highest BCUT2D eigenvalue weighted by Crippen LogP contribution is 2.29. The Labute approximate surface area is 86.9 Å². The Bertz CT molecular complexity index is 143. The van der Waals surface area contributed by atoms with Crippen LogP contribution in [-0.4, -0.2) is 36.6 Å². The van der Waals surface area contributed by atoms with E-state index < -0.39 is 0 Å². The third-order valence-corrected chi connectivity index (χ3v) is 2.97. The van der Waals surface area contributed by atoms with Gasteiger partial charge in [-0.3, -0.25) is 4.90 Å². The largest absolute Gasteiger partial charge is 0.314 e. The van der Waals surface area contributed by atoms with E-state index in [1.165, 1.54) is 39.0 Å². The molecule has 0 saturated carbocycles. The molecule has 1 atom stereocenters. The predicted octanol–water partition coefficient (Wildman–Crippen LogP) is 1.29. The number of rotatable bonds is 0. The van der Waals surface area contributed by atoms with E-state index >= 15 is 0 Å². The molecule has 2 fully saturated rings. The molecule has 2 nitrogen and oxygen atoms in total. The van der Waals surface area contributed by atoms with Crippen LogP contribution in [0.5, 0.6) is 0 Å². The van der Waals surface area contributed by atoms with Crippen LogP contribution in [0.1, 0.15) is 19.8 Å². The molecule has 0 radical (unpaired) electrons. The number of halogens is 2. The van der Waals surface area contributed by atoms with Crippen molar-refractivity contribution in [2.75, 3.05) is 26.2 Å². The van der Waals surface area contributed by atoms with Crippen molar-refractivity contribution in [2.24, 2.45) is 0 Å². The molecule has 2 saturated heterocycles. The van der Waals surface area contributed by atoms with Crippen LogP contribution in [0.3, 0.4) is 0 Å². The summed E-state index contributed by atoms with van der Waals surface area (Å²) >= 11 is 0. The minimum Gasteiger partial charge on any atom is -0.314 e. The zero-order valence-electron chi connectivity index (χ0n) is 7.51. The lowest BCUT2D eigenvalue weighted by molar-refractivity contribution is 0.122. The summed E-state index contributed by atoms with van der Waals surface area (Å²) in [7, 11) is 0. The summed E-state index contributed by atoms with van der Waals surface area (Å²) in [5.41, 5.74) is 0.512. The van der Waals surface area contributed by atoms with Gasteiger partial charge in [-0.1, -0.05) is 0 Å². The number of hydrogen-bond donors (Lipinski definition) is 1. The van der Waals surface area contributed by atoms with Crippen molar-refractivity contribution in [3.63, 3.8) is 0 Å². The lowest BCUT2D eigenvalue weighted by Gasteiger charge is -2.39. The first-order valence-electron chi connectivity index (χ1n) is 4.27. The highest BCUT2D eigenvalue weighted by molar-refractivity contribution is 5.85. The van der Waals surface area contributed by atoms with Gasteiger partial charge in [-0.2, -0.15) is 0 Å². The van der Waals surface area contributed by atoms with Gasteiger partial charge in [0.2, 0.25) is 0 Å². The fraction of sp³-hybridized carbons (Fsp3) is 1.00. The molecular weight excluding hydrogens is 195 g/mol. The Morgan fingerprint density at radius 1 is 1.25 bits per heavy atom. The van der Waals surface area contributed by atoms with E-state index in [1.54, 1.807) is 0 Å². The smallest absolute Gasteiger partial charge is 0.0306 e. The van der Waals surface area contributed by atoms with Gasteiger partial charge in [0, 0.05) is 25.2 Å². The van der Waals surface area contributed by atoms with Crippen LogP contribution in [0.2, 0.25) is 0 Å². The van der Waals surface area contributed by atoms with Gasteiger partial charge in [0.25, 0.3) is 0 Å². The van der Waals surface area contributed by atoms with Gasteiger partial charge >= 0.3 is 0 Å². The molecule has 0 spiro atoms. The Morgan fingerprint density at radius 2 is 2.00 bits per heavy atom. The Hall–Kier alpha value is 0.500. The molecule has 0 unspecified atom stereocenters. The lowest BCUT2D eigenvalue weighted by atomic mass is 9.97. The van der Waals surface area contributed by atoms with Gasteiger partial charge in [0.1, 0.15) is 0 Å². The molecular formula is C8H18Cl2N2. The molecule has 0 aromatic heterocycles. The summed E-state index contributed by atoms with van der Waals surface area (Å²) in [5, 5.41) is 3.46. The van der Waals surface area contributed by atoms with Crippen molar-refractivity contribution in [3.8, 4) is 0 Å². The van der Waals surface area contributed by atoms with E-state index in [2.05, 4.69) is 17.1 Å². The third-order valence-electron chi connectivity index (χ3n) is 2.97. The predicted molar refractivity (Wildman–Crippen MR) is 56.6 cm³/mol. The molecule has 1 N–H and O–H groups in total. The van der Waals surface area contributed by atoms with E-state index in [9.17, 15) is 0 Å². The normalized spacial score (nSPS) is 34.8. The summed E-state index contributed by atoms with van der Waals surface area (Å²) in [6.45, 7) is 7.36. The van der Waals surface area contributed by atoms with Crippen molar-refractivity contribution in [2.45, 2.75) is 25.3 Å². The van der Waals surface area contributed by atoms with Crippen molar-refractivity contribution in [1.29, 1.82) is 0 Å². The second-order valence-electron chi connectivity index (χ2n) is 3.76. The molecule has 0 aromatic carbocycles. The van der Waals surface area contributed by atoms with Crippen LogP contribution >= 0.6 is 24.8 Å². The fourth-order valence-corrected chi connectivity index (χ4v) is 2.23. The van der Waals surface area contributed by atoms with Gasteiger partial charge < -0.3 is 5.32 Å². The van der Waals surface area contributed by atoms with E-state index in [0.29, 0.717) is 5.54 Å². The zero-order chi connectivity index (χ0) is 7.03. The minimum atomic E-state index is 0. The van der Waals surface area contributed by atoms with E-state index in [4.69, 9.17) is 0 Å². The lowest BCUT2D eigenvalue weighted by Crippen LogP contribution is -2.55. The standard InChI is InChI=1S/C8H16N2.2ClH/c1-8-3-2-5-10(8)6-4-9-7-8;;/h9H,2-7H2,1H3;2*1H/t8-;;/m1../s1. The Morgan fingerprint density at radius 3 is 2.67 bits per heavy atom. The molecule has 0 aliphatic carbocycles. The van der Waals surface area contributed by atoms with Crippen LogP contribution in [0.15, 0.2) is 0 Å². The van der Waals surface area contributed by atoms with Crippen molar-refractivity contribution < 1.29 is 0 Å². The SMILES string of the molecule is C[C@]12CCCN1CCNC2.Cl.Cl. The first-order valence-corrected chi connectivity index (χ1v) is 4.27. The average molecular weight is 213 g/mol. The molecule has 2 aliphatic heterocycles. The number of nitrogens with one attached hydrogen (secondary N) is 1. The molecule has 0 amide bonds. The van der Waals surface area contributed by atoms with E-state index in [0.717, 1.165) is 0 Å². The van der Waals surface area contributed by atoms with Crippen LogP contribution < -0.4 is 5.32 Å². The van der Waals surface area contributed by atoms with Crippen molar-refractivity contribution >= 4 is 24.8 Å². The topological polar surface area (TPSA) is 15.3 Å². The summed E-state index contributed by atoms with van der Waals surface area (Å²) in [5.74, 6) is 0. The third kappa shape index (κ3) is 2.05. The highest BCUT2D eigenvalue weighted by atomic mass is 35.5. The number of fused-ring (bicyclic) bond motifs is 1. The molecule has 12 heavy (non-hydrogen) atoms. The van der Waals surface area contributed by atoms with E-state index in [-0.39, 0.29) is 24.8 Å². The molecule has 74 valence electrons.